The second kappa shape index (κ2) is 5.06. The summed E-state index contributed by atoms with van der Waals surface area (Å²) in [5, 5.41) is 14.0. The molecule has 0 spiro atoms. The fourth-order valence-corrected chi connectivity index (χ4v) is 1.74. The summed E-state index contributed by atoms with van der Waals surface area (Å²) in [4.78, 5) is 11.1. The lowest BCUT2D eigenvalue weighted by atomic mass is 10.1. The largest absolute Gasteiger partial charge is 0.477 e. The Kier molecular flexibility index (Phi) is 3.48. The van der Waals surface area contributed by atoms with Crippen LogP contribution in [-0.4, -0.2) is 20.9 Å². The van der Waals surface area contributed by atoms with Gasteiger partial charge in [-0.25, -0.2) is 4.79 Å². The second-order valence-electron chi connectivity index (χ2n) is 3.70. The average molecular weight is 263 g/mol. The predicted molar refractivity (Wildman–Crippen MR) is 69.8 cm³/mol. The molecule has 0 aliphatic rings. The van der Waals surface area contributed by atoms with E-state index in [9.17, 15) is 4.79 Å². The van der Waals surface area contributed by atoms with E-state index in [-0.39, 0.29) is 5.69 Å². The molecule has 1 aromatic heterocycles. The first-order chi connectivity index (χ1) is 8.61. The lowest BCUT2D eigenvalue weighted by Crippen LogP contribution is -2.08. The molecule has 0 bridgehead atoms. The summed E-state index contributed by atoms with van der Waals surface area (Å²) >= 11 is 5.80. The van der Waals surface area contributed by atoms with Crippen LogP contribution in [0.25, 0.3) is 11.3 Å². The number of aromatic nitrogens is 2. The second-order valence-corrected chi connectivity index (χ2v) is 4.13. The maximum absolute atomic E-state index is 11.1. The number of halogens is 1. The number of allylic oxidation sites excluding steroid dienone is 1. The molecule has 0 saturated carbocycles. The van der Waals surface area contributed by atoms with E-state index in [1.165, 1.54) is 10.7 Å². The molecule has 0 atom stereocenters. The van der Waals surface area contributed by atoms with E-state index in [0.29, 0.717) is 17.3 Å². The predicted octanol–water partition coefficient (Wildman–Crippen LogP) is 3.09. The van der Waals surface area contributed by atoms with Gasteiger partial charge in [-0.15, -0.1) is 6.58 Å². The number of rotatable bonds is 4. The van der Waals surface area contributed by atoms with Crippen molar-refractivity contribution in [2.24, 2.45) is 0 Å². The summed E-state index contributed by atoms with van der Waals surface area (Å²) < 4.78 is 1.40. The minimum Gasteiger partial charge on any atom is -0.477 e. The van der Waals surface area contributed by atoms with Gasteiger partial charge in [-0.3, -0.25) is 4.68 Å². The minimum absolute atomic E-state index is 0.139. The van der Waals surface area contributed by atoms with Crippen molar-refractivity contribution in [3.63, 3.8) is 0 Å². The number of benzene rings is 1. The van der Waals surface area contributed by atoms with E-state index in [4.69, 9.17) is 16.7 Å². The number of aromatic carboxylic acids is 1. The Morgan fingerprint density at radius 3 is 2.67 bits per heavy atom. The number of hydrogen-bond acceptors (Lipinski definition) is 2. The highest BCUT2D eigenvalue weighted by Gasteiger charge is 2.14. The number of carbonyl (C=O) groups is 1. The lowest BCUT2D eigenvalue weighted by Gasteiger charge is -1.99. The fraction of sp³-hybridized carbons (Fsp3) is 0.0769. The summed E-state index contributed by atoms with van der Waals surface area (Å²) in [6.45, 7) is 3.94. The molecule has 0 unspecified atom stereocenters. The fourth-order valence-electron chi connectivity index (χ4n) is 1.61. The molecule has 1 N–H and O–H groups in total. The zero-order valence-corrected chi connectivity index (χ0v) is 10.3. The van der Waals surface area contributed by atoms with Crippen molar-refractivity contribution < 1.29 is 9.90 Å². The van der Waals surface area contributed by atoms with Crippen LogP contribution in [0.3, 0.4) is 0 Å². The van der Waals surface area contributed by atoms with Gasteiger partial charge >= 0.3 is 5.97 Å². The Hall–Kier alpha value is -2.07. The first-order valence-corrected chi connectivity index (χ1v) is 5.67. The van der Waals surface area contributed by atoms with Gasteiger partial charge in [0, 0.05) is 10.6 Å². The smallest absolute Gasteiger partial charge is 0.354 e. The molecule has 5 heteroatoms. The van der Waals surface area contributed by atoms with E-state index in [1.54, 1.807) is 30.3 Å². The molecule has 92 valence electrons. The Morgan fingerprint density at radius 1 is 1.44 bits per heavy atom. The molecule has 1 heterocycles. The minimum atomic E-state index is -1.01. The topological polar surface area (TPSA) is 55.1 Å². The van der Waals surface area contributed by atoms with Gasteiger partial charge < -0.3 is 5.11 Å². The first-order valence-electron chi connectivity index (χ1n) is 5.30. The van der Waals surface area contributed by atoms with Crippen LogP contribution in [0.15, 0.2) is 43.0 Å². The van der Waals surface area contributed by atoms with E-state index in [0.717, 1.165) is 5.56 Å². The van der Waals surface area contributed by atoms with E-state index < -0.39 is 5.97 Å². The van der Waals surface area contributed by atoms with Crippen molar-refractivity contribution in [2.45, 2.75) is 6.54 Å². The van der Waals surface area contributed by atoms with Gasteiger partial charge in [-0.05, 0) is 18.2 Å². The van der Waals surface area contributed by atoms with Crippen molar-refractivity contribution in [3.8, 4) is 11.3 Å². The standard InChI is InChI=1S/C13H11ClN2O2/c1-2-7-16-12(13(17)18)8-11(15-16)9-3-5-10(14)6-4-9/h2-6,8H,1,7H2,(H,17,18). The maximum Gasteiger partial charge on any atom is 0.354 e. The average Bonchev–Trinajstić information content (AvgIpc) is 2.75. The summed E-state index contributed by atoms with van der Waals surface area (Å²) in [6.07, 6.45) is 1.60. The monoisotopic (exact) mass is 262 g/mol. The van der Waals surface area contributed by atoms with Crippen LogP contribution < -0.4 is 0 Å². The van der Waals surface area contributed by atoms with E-state index in [2.05, 4.69) is 11.7 Å². The lowest BCUT2D eigenvalue weighted by molar-refractivity contribution is 0.0684. The highest BCUT2D eigenvalue weighted by molar-refractivity contribution is 6.30. The van der Waals surface area contributed by atoms with Gasteiger partial charge in [-0.1, -0.05) is 29.8 Å². The Morgan fingerprint density at radius 2 is 2.11 bits per heavy atom. The highest BCUT2D eigenvalue weighted by Crippen LogP contribution is 2.21. The van der Waals surface area contributed by atoms with Crippen molar-refractivity contribution >= 4 is 17.6 Å². The van der Waals surface area contributed by atoms with Crippen LogP contribution in [0.2, 0.25) is 5.02 Å². The van der Waals surface area contributed by atoms with Crippen LogP contribution in [-0.2, 0) is 6.54 Å². The molecule has 0 amide bonds. The van der Waals surface area contributed by atoms with Crippen LogP contribution in [0.5, 0.6) is 0 Å². The maximum atomic E-state index is 11.1. The summed E-state index contributed by atoms with van der Waals surface area (Å²) in [5.41, 5.74) is 1.57. The van der Waals surface area contributed by atoms with Gasteiger partial charge in [0.2, 0.25) is 0 Å². The van der Waals surface area contributed by atoms with Crippen LogP contribution >= 0.6 is 11.6 Å². The Labute approximate surface area is 109 Å². The molecular formula is C13H11ClN2O2. The molecule has 0 fully saturated rings. The molecule has 2 rings (SSSR count). The van der Waals surface area contributed by atoms with Gasteiger partial charge in [0.1, 0.15) is 5.69 Å². The van der Waals surface area contributed by atoms with Crippen molar-refractivity contribution in [3.05, 3.63) is 53.7 Å². The molecule has 1 aromatic carbocycles. The number of carboxylic acids is 1. The van der Waals surface area contributed by atoms with Crippen LogP contribution in [0, 0.1) is 0 Å². The molecule has 4 nitrogen and oxygen atoms in total. The van der Waals surface area contributed by atoms with Gasteiger partial charge in [0.25, 0.3) is 0 Å². The Bertz CT molecular complexity index is 588. The molecule has 0 aliphatic carbocycles. The molecule has 18 heavy (non-hydrogen) atoms. The quantitative estimate of drug-likeness (QED) is 0.862. The van der Waals surface area contributed by atoms with Gasteiger partial charge in [0.15, 0.2) is 0 Å². The van der Waals surface area contributed by atoms with Crippen LogP contribution in [0.4, 0.5) is 0 Å². The summed E-state index contributed by atoms with van der Waals surface area (Å²) in [5.74, 6) is -1.01. The van der Waals surface area contributed by atoms with Gasteiger partial charge in [0.05, 0.1) is 12.2 Å². The Balaban J connectivity index is 2.45. The summed E-state index contributed by atoms with van der Waals surface area (Å²) in [7, 11) is 0. The molecular weight excluding hydrogens is 252 g/mol. The highest BCUT2D eigenvalue weighted by atomic mass is 35.5. The van der Waals surface area contributed by atoms with Crippen molar-refractivity contribution in [1.82, 2.24) is 9.78 Å². The third kappa shape index (κ3) is 2.43. The molecule has 0 saturated heterocycles. The number of nitrogens with zero attached hydrogens (tertiary/aromatic N) is 2. The summed E-state index contributed by atoms with van der Waals surface area (Å²) in [6, 6.07) is 8.62. The molecule has 0 aliphatic heterocycles. The van der Waals surface area contributed by atoms with E-state index in [1.807, 2.05) is 0 Å². The number of hydrogen-bond donors (Lipinski definition) is 1. The zero-order chi connectivity index (χ0) is 13.1. The van der Waals surface area contributed by atoms with Gasteiger partial charge in [-0.2, -0.15) is 5.10 Å². The van der Waals surface area contributed by atoms with Crippen LogP contribution in [0.1, 0.15) is 10.5 Å². The number of carboxylic acid groups (broad SMARTS) is 1. The third-order valence-corrected chi connectivity index (χ3v) is 2.69. The van der Waals surface area contributed by atoms with Crippen molar-refractivity contribution in [2.75, 3.05) is 0 Å². The molecule has 0 radical (unpaired) electrons. The molecule has 2 aromatic rings. The first kappa shape index (κ1) is 12.4. The van der Waals surface area contributed by atoms with E-state index >= 15 is 0 Å². The SMILES string of the molecule is C=CCn1nc(-c2ccc(Cl)cc2)cc1C(=O)O. The normalized spacial score (nSPS) is 10.3. The third-order valence-electron chi connectivity index (χ3n) is 2.44. The van der Waals surface area contributed by atoms with Crippen molar-refractivity contribution in [1.29, 1.82) is 0 Å². The zero-order valence-electron chi connectivity index (χ0n) is 9.51.